The number of para-hydroxylation sites is 1. The number of nitrogens with zero attached hydrogens (tertiary/aromatic N) is 3. The molecule has 1 aromatic heterocycles. The maximum absolute atomic E-state index is 5.30. The molecular formula is C14H12N4S. The molecule has 0 bridgehead atoms. The lowest BCUT2D eigenvalue weighted by Gasteiger charge is -2.27. The van der Waals surface area contributed by atoms with Crippen LogP contribution in [0.25, 0.3) is 0 Å². The van der Waals surface area contributed by atoms with Crippen molar-refractivity contribution < 1.29 is 0 Å². The molecular weight excluding hydrogens is 256 g/mol. The Labute approximate surface area is 116 Å². The largest absolute Gasteiger partial charge is 0.331 e. The van der Waals surface area contributed by atoms with Crippen LogP contribution in [0, 0.1) is 0 Å². The highest BCUT2D eigenvalue weighted by atomic mass is 32.1. The standard InChI is InChI=1S/C14H12N4S/c19-14-17-13-6-2-1-5-12(13)10-18(14)16-9-11-4-3-7-15-8-11/h1-9H,10H2,(H,17,19). The molecule has 5 heteroatoms. The van der Waals surface area contributed by atoms with Crippen LogP contribution in [-0.4, -0.2) is 21.3 Å². The summed E-state index contributed by atoms with van der Waals surface area (Å²) < 4.78 is 0. The molecule has 1 aromatic carbocycles. The first kappa shape index (κ1) is 11.8. The van der Waals surface area contributed by atoms with E-state index in [0.29, 0.717) is 11.7 Å². The molecule has 19 heavy (non-hydrogen) atoms. The fourth-order valence-electron chi connectivity index (χ4n) is 1.87. The van der Waals surface area contributed by atoms with Crippen LogP contribution < -0.4 is 5.32 Å². The molecule has 0 aliphatic carbocycles. The lowest BCUT2D eigenvalue weighted by molar-refractivity contribution is 0.442. The summed E-state index contributed by atoms with van der Waals surface area (Å²) in [6.45, 7) is 0.679. The third-order valence-corrected chi connectivity index (χ3v) is 3.16. The van der Waals surface area contributed by atoms with E-state index in [1.54, 1.807) is 23.6 Å². The van der Waals surface area contributed by atoms with E-state index >= 15 is 0 Å². The Morgan fingerprint density at radius 1 is 1.26 bits per heavy atom. The highest BCUT2D eigenvalue weighted by molar-refractivity contribution is 7.80. The van der Waals surface area contributed by atoms with Gasteiger partial charge in [0.2, 0.25) is 0 Å². The fourth-order valence-corrected chi connectivity index (χ4v) is 2.10. The summed E-state index contributed by atoms with van der Waals surface area (Å²) in [6.07, 6.45) is 5.26. The minimum Gasteiger partial charge on any atom is -0.331 e. The van der Waals surface area contributed by atoms with Crippen molar-refractivity contribution in [2.24, 2.45) is 5.10 Å². The number of aromatic nitrogens is 1. The first-order valence-electron chi connectivity index (χ1n) is 5.93. The second-order valence-corrected chi connectivity index (χ2v) is 4.56. The van der Waals surface area contributed by atoms with Crippen molar-refractivity contribution in [1.82, 2.24) is 9.99 Å². The van der Waals surface area contributed by atoms with E-state index in [4.69, 9.17) is 12.2 Å². The van der Waals surface area contributed by atoms with Gasteiger partial charge in [0.1, 0.15) is 0 Å². The van der Waals surface area contributed by atoms with Crippen molar-refractivity contribution in [3.05, 3.63) is 59.9 Å². The van der Waals surface area contributed by atoms with E-state index in [-0.39, 0.29) is 0 Å². The molecule has 0 amide bonds. The molecule has 94 valence electrons. The molecule has 1 aliphatic rings. The van der Waals surface area contributed by atoms with Gasteiger partial charge in [-0.05, 0) is 29.9 Å². The Kier molecular flexibility index (Phi) is 3.20. The Hall–Kier alpha value is -2.27. The molecule has 2 aromatic rings. The number of rotatable bonds is 2. The van der Waals surface area contributed by atoms with E-state index in [1.165, 1.54) is 5.56 Å². The topological polar surface area (TPSA) is 40.5 Å². The van der Waals surface area contributed by atoms with E-state index < -0.39 is 0 Å². The van der Waals surface area contributed by atoms with Crippen LogP contribution in [0.15, 0.2) is 53.9 Å². The molecule has 1 aliphatic heterocycles. The summed E-state index contributed by atoms with van der Waals surface area (Å²) in [6, 6.07) is 11.9. The molecule has 0 unspecified atom stereocenters. The predicted molar refractivity (Wildman–Crippen MR) is 80.0 cm³/mol. The lowest BCUT2D eigenvalue weighted by Crippen LogP contribution is -2.34. The molecule has 0 radical (unpaired) electrons. The number of fused-ring (bicyclic) bond motifs is 1. The molecule has 0 saturated heterocycles. The van der Waals surface area contributed by atoms with Crippen molar-refractivity contribution >= 4 is 29.2 Å². The Bertz CT molecular complexity index is 624. The molecule has 0 fully saturated rings. The summed E-state index contributed by atoms with van der Waals surface area (Å²) in [5.41, 5.74) is 3.18. The molecule has 3 rings (SSSR count). The molecule has 2 heterocycles. The van der Waals surface area contributed by atoms with E-state index in [2.05, 4.69) is 21.5 Å². The molecule has 0 spiro atoms. The molecule has 1 N–H and O–H groups in total. The van der Waals surface area contributed by atoms with Crippen LogP contribution in [0.5, 0.6) is 0 Å². The number of nitrogens with one attached hydrogen (secondary N) is 1. The van der Waals surface area contributed by atoms with Gasteiger partial charge in [-0.1, -0.05) is 24.3 Å². The van der Waals surface area contributed by atoms with Crippen LogP contribution >= 0.6 is 12.2 Å². The van der Waals surface area contributed by atoms with Gasteiger partial charge in [-0.3, -0.25) is 4.98 Å². The number of anilines is 1. The van der Waals surface area contributed by atoms with Gasteiger partial charge in [-0.15, -0.1) is 0 Å². The van der Waals surface area contributed by atoms with Crippen LogP contribution in [0.2, 0.25) is 0 Å². The normalized spacial score (nSPS) is 14.3. The predicted octanol–water partition coefficient (Wildman–Crippen LogP) is 2.63. The van der Waals surface area contributed by atoms with Crippen molar-refractivity contribution in [1.29, 1.82) is 0 Å². The summed E-state index contributed by atoms with van der Waals surface area (Å²) in [4.78, 5) is 4.05. The second-order valence-electron chi connectivity index (χ2n) is 4.18. The van der Waals surface area contributed by atoms with Crippen molar-refractivity contribution in [2.75, 3.05) is 5.32 Å². The average Bonchev–Trinajstić information content (AvgIpc) is 2.46. The molecule has 4 nitrogen and oxygen atoms in total. The second kappa shape index (κ2) is 5.16. The van der Waals surface area contributed by atoms with Gasteiger partial charge in [0, 0.05) is 23.6 Å². The van der Waals surface area contributed by atoms with E-state index in [9.17, 15) is 0 Å². The SMILES string of the molecule is S=C1Nc2ccccc2CN1N=Cc1cccnc1. The van der Waals surface area contributed by atoms with Crippen molar-refractivity contribution in [2.45, 2.75) is 6.54 Å². The summed E-state index contributed by atoms with van der Waals surface area (Å²) in [5, 5.41) is 9.95. The number of hydrazone groups is 1. The zero-order valence-corrected chi connectivity index (χ0v) is 11.0. The minimum absolute atomic E-state index is 0.610. The average molecular weight is 268 g/mol. The molecule has 0 atom stereocenters. The van der Waals surface area contributed by atoms with Crippen molar-refractivity contribution in [3.8, 4) is 0 Å². The summed E-state index contributed by atoms with van der Waals surface area (Å²) in [7, 11) is 0. The van der Waals surface area contributed by atoms with Crippen LogP contribution in [-0.2, 0) is 6.54 Å². The monoisotopic (exact) mass is 268 g/mol. The number of pyridine rings is 1. The van der Waals surface area contributed by atoms with Gasteiger partial charge >= 0.3 is 0 Å². The molecule has 0 saturated carbocycles. The van der Waals surface area contributed by atoms with Crippen LogP contribution in [0.3, 0.4) is 0 Å². The fraction of sp³-hybridized carbons (Fsp3) is 0.0714. The zero-order chi connectivity index (χ0) is 13.1. The third kappa shape index (κ3) is 2.61. The maximum atomic E-state index is 5.30. The van der Waals surface area contributed by atoms with Crippen LogP contribution in [0.4, 0.5) is 5.69 Å². The summed E-state index contributed by atoms with van der Waals surface area (Å²) >= 11 is 5.30. The number of thiocarbonyl (C=S) groups is 1. The van der Waals surface area contributed by atoms with Crippen molar-refractivity contribution in [3.63, 3.8) is 0 Å². The highest BCUT2D eigenvalue weighted by Crippen LogP contribution is 2.22. The third-order valence-electron chi connectivity index (χ3n) is 2.84. The lowest BCUT2D eigenvalue weighted by atomic mass is 10.1. The van der Waals surface area contributed by atoms with E-state index in [0.717, 1.165) is 11.3 Å². The number of hydrogen-bond acceptors (Lipinski definition) is 3. The Balaban J connectivity index is 1.80. The quantitative estimate of drug-likeness (QED) is 0.671. The summed E-state index contributed by atoms with van der Waals surface area (Å²) in [5.74, 6) is 0. The maximum Gasteiger partial charge on any atom is 0.194 e. The van der Waals surface area contributed by atoms with Gasteiger partial charge in [0.25, 0.3) is 0 Å². The Morgan fingerprint density at radius 2 is 2.16 bits per heavy atom. The van der Waals surface area contributed by atoms with Gasteiger partial charge in [0.15, 0.2) is 5.11 Å². The first-order valence-corrected chi connectivity index (χ1v) is 6.34. The first-order chi connectivity index (χ1) is 9.33. The highest BCUT2D eigenvalue weighted by Gasteiger charge is 2.17. The van der Waals surface area contributed by atoms with Gasteiger partial charge < -0.3 is 5.32 Å². The zero-order valence-electron chi connectivity index (χ0n) is 10.2. The van der Waals surface area contributed by atoms with Gasteiger partial charge in [-0.2, -0.15) is 5.10 Å². The van der Waals surface area contributed by atoms with E-state index in [1.807, 2.05) is 30.3 Å². The Morgan fingerprint density at radius 3 is 3.00 bits per heavy atom. The number of hydrogen-bond donors (Lipinski definition) is 1. The van der Waals surface area contributed by atoms with Gasteiger partial charge in [0.05, 0.1) is 12.8 Å². The van der Waals surface area contributed by atoms with Gasteiger partial charge in [-0.25, -0.2) is 5.01 Å². The smallest absolute Gasteiger partial charge is 0.194 e. The number of benzene rings is 1. The minimum atomic E-state index is 0.610. The van der Waals surface area contributed by atoms with Crippen LogP contribution in [0.1, 0.15) is 11.1 Å².